The lowest BCUT2D eigenvalue weighted by Crippen LogP contribution is -2.14. The van der Waals surface area contributed by atoms with Crippen LogP contribution < -0.4 is 4.80 Å². The van der Waals surface area contributed by atoms with Gasteiger partial charge >= 0.3 is 0 Å². The zero-order valence-corrected chi connectivity index (χ0v) is 16.6. The Morgan fingerprint density at radius 1 is 0.821 bits per heavy atom. The summed E-state index contributed by atoms with van der Waals surface area (Å²) in [5, 5.41) is 0. The molecule has 0 atom stereocenters. The number of thiazole rings is 1. The quantitative estimate of drug-likeness (QED) is 0.461. The van der Waals surface area contributed by atoms with Crippen molar-refractivity contribution >= 4 is 17.2 Å². The van der Waals surface area contributed by atoms with Gasteiger partial charge in [0, 0.05) is 12.6 Å². The molecule has 4 aromatic rings. The highest BCUT2D eigenvalue weighted by Gasteiger charge is 2.16. The number of carbonyl (C=O) groups is 1. The van der Waals surface area contributed by atoms with Crippen molar-refractivity contribution in [2.75, 3.05) is 0 Å². The van der Waals surface area contributed by atoms with Crippen LogP contribution in [0.3, 0.4) is 0 Å². The van der Waals surface area contributed by atoms with Crippen LogP contribution in [0.1, 0.15) is 15.9 Å². The molecule has 0 N–H and O–H groups in total. The topological polar surface area (TPSA) is 34.4 Å². The number of aryl methyl sites for hydroxylation is 1. The molecule has 0 saturated heterocycles. The molecule has 28 heavy (non-hydrogen) atoms. The molecule has 0 aliphatic rings. The maximum atomic E-state index is 12.6. The molecule has 138 valence electrons. The van der Waals surface area contributed by atoms with E-state index in [-0.39, 0.29) is 5.91 Å². The van der Waals surface area contributed by atoms with Crippen LogP contribution in [0.5, 0.6) is 0 Å². The molecule has 0 unspecified atom stereocenters. The van der Waals surface area contributed by atoms with Gasteiger partial charge < -0.3 is 4.57 Å². The van der Waals surface area contributed by atoms with E-state index < -0.39 is 0 Å². The van der Waals surface area contributed by atoms with Crippen molar-refractivity contribution in [3.8, 4) is 21.7 Å². The smallest absolute Gasteiger partial charge is 0.279 e. The first kappa shape index (κ1) is 18.1. The summed E-state index contributed by atoms with van der Waals surface area (Å²) in [6.07, 6.45) is 0. The summed E-state index contributed by atoms with van der Waals surface area (Å²) in [5.74, 6) is -0.229. The Bertz CT molecular complexity index is 1170. The van der Waals surface area contributed by atoms with Crippen LogP contribution in [0.4, 0.5) is 0 Å². The fraction of sp³-hybridized carbons (Fsp3) is 0.0833. The predicted molar refractivity (Wildman–Crippen MR) is 115 cm³/mol. The molecule has 0 fully saturated rings. The Balaban J connectivity index is 1.91. The summed E-state index contributed by atoms with van der Waals surface area (Å²) in [5.41, 5.74) is 5.10. The molecule has 3 nitrogen and oxygen atoms in total. The summed E-state index contributed by atoms with van der Waals surface area (Å²) in [4.78, 5) is 18.8. The van der Waals surface area contributed by atoms with Gasteiger partial charge in [-0.1, -0.05) is 89.7 Å². The highest BCUT2D eigenvalue weighted by Crippen LogP contribution is 2.34. The van der Waals surface area contributed by atoms with Crippen LogP contribution in [0.15, 0.2) is 89.9 Å². The van der Waals surface area contributed by atoms with Crippen molar-refractivity contribution in [1.82, 2.24) is 4.57 Å². The van der Waals surface area contributed by atoms with Crippen molar-refractivity contribution in [2.45, 2.75) is 6.92 Å². The molecule has 1 amide bonds. The van der Waals surface area contributed by atoms with E-state index in [1.807, 2.05) is 48.0 Å². The maximum absolute atomic E-state index is 12.6. The lowest BCUT2D eigenvalue weighted by molar-refractivity contribution is 0.0998. The van der Waals surface area contributed by atoms with Crippen molar-refractivity contribution in [3.63, 3.8) is 0 Å². The second-order valence-electron chi connectivity index (χ2n) is 6.64. The summed E-state index contributed by atoms with van der Waals surface area (Å²) in [6, 6.07) is 27.9. The van der Waals surface area contributed by atoms with E-state index in [1.165, 1.54) is 16.9 Å². The number of benzene rings is 3. The molecular weight excluding hydrogens is 364 g/mol. The monoisotopic (exact) mass is 384 g/mol. The van der Waals surface area contributed by atoms with Crippen LogP contribution in [-0.2, 0) is 7.05 Å². The molecule has 1 aromatic heterocycles. The van der Waals surface area contributed by atoms with Crippen molar-refractivity contribution < 1.29 is 4.79 Å². The van der Waals surface area contributed by atoms with Gasteiger partial charge in [0.15, 0.2) is 4.80 Å². The molecule has 4 heteroatoms. The number of hydrogen-bond donors (Lipinski definition) is 0. The Labute approximate surface area is 168 Å². The highest BCUT2D eigenvalue weighted by atomic mass is 32.1. The third-order valence-electron chi connectivity index (χ3n) is 4.61. The minimum Gasteiger partial charge on any atom is -0.319 e. The van der Waals surface area contributed by atoms with Crippen LogP contribution in [0.25, 0.3) is 21.7 Å². The van der Waals surface area contributed by atoms with Crippen molar-refractivity contribution in [2.24, 2.45) is 12.0 Å². The zero-order valence-electron chi connectivity index (χ0n) is 15.8. The second kappa shape index (κ2) is 7.79. The Morgan fingerprint density at radius 2 is 1.43 bits per heavy atom. The molecule has 0 radical (unpaired) electrons. The number of nitrogens with zero attached hydrogens (tertiary/aromatic N) is 2. The summed E-state index contributed by atoms with van der Waals surface area (Å²) >= 11 is 1.54. The second-order valence-corrected chi connectivity index (χ2v) is 7.61. The van der Waals surface area contributed by atoms with E-state index in [2.05, 4.69) is 48.3 Å². The third kappa shape index (κ3) is 3.59. The Morgan fingerprint density at radius 3 is 2.07 bits per heavy atom. The number of aromatic nitrogens is 1. The van der Waals surface area contributed by atoms with Gasteiger partial charge in [-0.25, -0.2) is 0 Å². The zero-order chi connectivity index (χ0) is 19.5. The van der Waals surface area contributed by atoms with E-state index in [1.54, 1.807) is 12.1 Å². The van der Waals surface area contributed by atoms with Gasteiger partial charge in [0.25, 0.3) is 5.91 Å². The first-order valence-electron chi connectivity index (χ1n) is 9.10. The maximum Gasteiger partial charge on any atom is 0.279 e. The summed E-state index contributed by atoms with van der Waals surface area (Å²) in [7, 11) is 1.97. The van der Waals surface area contributed by atoms with Crippen LogP contribution >= 0.6 is 11.3 Å². The van der Waals surface area contributed by atoms with E-state index in [9.17, 15) is 4.79 Å². The van der Waals surface area contributed by atoms with Gasteiger partial charge in [-0.15, -0.1) is 0 Å². The van der Waals surface area contributed by atoms with Crippen LogP contribution in [0.2, 0.25) is 0 Å². The molecule has 0 bridgehead atoms. The molecule has 4 rings (SSSR count). The first-order valence-corrected chi connectivity index (χ1v) is 9.91. The minimum absolute atomic E-state index is 0.229. The van der Waals surface area contributed by atoms with E-state index in [0.29, 0.717) is 10.4 Å². The van der Waals surface area contributed by atoms with Crippen LogP contribution in [0, 0.1) is 6.92 Å². The number of carbonyl (C=O) groups excluding carboxylic acids is 1. The normalized spacial score (nSPS) is 11.6. The largest absolute Gasteiger partial charge is 0.319 e. The van der Waals surface area contributed by atoms with Gasteiger partial charge in [-0.05, 0) is 30.2 Å². The molecule has 3 aromatic carbocycles. The summed E-state index contributed by atoms with van der Waals surface area (Å²) in [6.45, 7) is 2.08. The van der Waals surface area contributed by atoms with Crippen molar-refractivity contribution in [1.29, 1.82) is 0 Å². The molecule has 1 heterocycles. The molecular formula is C24H20N2OS. The van der Waals surface area contributed by atoms with Crippen molar-refractivity contribution in [3.05, 3.63) is 101 Å². The first-order chi connectivity index (χ1) is 13.6. The Kier molecular flexibility index (Phi) is 5.04. The summed E-state index contributed by atoms with van der Waals surface area (Å²) < 4.78 is 2.01. The Hall–Kier alpha value is -3.24. The SMILES string of the molecule is Cc1ccc(-c2c(-c3ccccc3)sc(=NC(=O)c3ccccc3)n2C)cc1. The number of hydrogen-bond acceptors (Lipinski definition) is 2. The number of amides is 1. The van der Waals surface area contributed by atoms with Gasteiger partial charge in [0.2, 0.25) is 0 Å². The van der Waals surface area contributed by atoms with Crippen LogP contribution in [-0.4, -0.2) is 10.5 Å². The van der Waals surface area contributed by atoms with Gasteiger partial charge in [0.1, 0.15) is 0 Å². The molecule has 0 spiro atoms. The number of rotatable bonds is 3. The fourth-order valence-corrected chi connectivity index (χ4v) is 4.25. The minimum atomic E-state index is -0.229. The average molecular weight is 385 g/mol. The standard InChI is InChI=1S/C24H20N2OS/c1-17-13-15-18(16-14-17)21-22(19-9-5-3-6-10-19)28-24(26(21)2)25-23(27)20-11-7-4-8-12-20/h3-16H,1-2H3. The predicted octanol–water partition coefficient (Wildman–Crippen LogP) is 5.47. The molecule has 0 saturated carbocycles. The van der Waals surface area contributed by atoms with Gasteiger partial charge in [0.05, 0.1) is 10.6 Å². The highest BCUT2D eigenvalue weighted by molar-refractivity contribution is 7.13. The third-order valence-corrected chi connectivity index (χ3v) is 5.79. The van der Waals surface area contributed by atoms with Gasteiger partial charge in [-0.2, -0.15) is 4.99 Å². The lowest BCUT2D eigenvalue weighted by Gasteiger charge is -2.07. The molecule has 0 aliphatic heterocycles. The fourth-order valence-electron chi connectivity index (χ4n) is 3.11. The average Bonchev–Trinajstić information content (AvgIpc) is 3.06. The van der Waals surface area contributed by atoms with Gasteiger partial charge in [-0.3, -0.25) is 4.79 Å². The van der Waals surface area contributed by atoms with E-state index in [0.717, 1.165) is 21.7 Å². The lowest BCUT2D eigenvalue weighted by atomic mass is 10.1. The molecule has 0 aliphatic carbocycles. The van der Waals surface area contributed by atoms with E-state index in [4.69, 9.17) is 0 Å². The van der Waals surface area contributed by atoms with E-state index >= 15 is 0 Å².